The first kappa shape index (κ1) is 14.0. The number of rotatable bonds is 5. The molecular formula is C15H19ClO. The molecule has 1 atom stereocenters. The average Bonchev–Trinajstić information content (AvgIpc) is 2.29. The van der Waals surface area contributed by atoms with Gasteiger partial charge in [0.25, 0.3) is 0 Å². The Kier molecular flexibility index (Phi) is 5.43. The Morgan fingerprint density at radius 2 is 1.88 bits per heavy atom. The van der Waals surface area contributed by atoms with E-state index in [4.69, 9.17) is 11.6 Å². The van der Waals surface area contributed by atoms with Gasteiger partial charge in [0.1, 0.15) is 5.78 Å². The van der Waals surface area contributed by atoms with E-state index in [0.717, 1.165) is 5.56 Å². The Morgan fingerprint density at radius 1 is 1.29 bits per heavy atom. The quantitative estimate of drug-likeness (QED) is 0.697. The molecule has 2 heteroatoms. The summed E-state index contributed by atoms with van der Waals surface area (Å²) in [7, 11) is 0. The molecule has 0 amide bonds. The lowest BCUT2D eigenvalue weighted by Crippen LogP contribution is -2.17. The minimum absolute atomic E-state index is 0.0385. The molecule has 0 saturated carbocycles. The highest BCUT2D eigenvalue weighted by Crippen LogP contribution is 2.27. The van der Waals surface area contributed by atoms with E-state index in [1.54, 1.807) is 0 Å². The van der Waals surface area contributed by atoms with Crippen LogP contribution in [0.5, 0.6) is 0 Å². The maximum Gasteiger partial charge on any atom is 0.144 e. The Morgan fingerprint density at radius 3 is 2.35 bits per heavy atom. The lowest BCUT2D eigenvalue weighted by molar-refractivity contribution is -0.120. The second-order valence-electron chi connectivity index (χ2n) is 4.51. The highest BCUT2D eigenvalue weighted by atomic mass is 35.5. The summed E-state index contributed by atoms with van der Waals surface area (Å²) in [5.74, 6) is 0.526. The first-order valence-corrected chi connectivity index (χ1v) is 6.33. The van der Waals surface area contributed by atoms with E-state index >= 15 is 0 Å². The zero-order valence-corrected chi connectivity index (χ0v) is 11.4. The van der Waals surface area contributed by atoms with Crippen LogP contribution in [0.15, 0.2) is 36.4 Å². The molecule has 1 rings (SSSR count). The zero-order valence-electron chi connectivity index (χ0n) is 10.6. The van der Waals surface area contributed by atoms with E-state index in [2.05, 4.69) is 13.8 Å². The number of carbonyl (C=O) groups is 1. The van der Waals surface area contributed by atoms with E-state index in [0.29, 0.717) is 17.4 Å². The largest absolute Gasteiger partial charge is 0.299 e. The fourth-order valence-corrected chi connectivity index (χ4v) is 2.10. The van der Waals surface area contributed by atoms with Crippen LogP contribution in [0.1, 0.15) is 38.7 Å². The van der Waals surface area contributed by atoms with E-state index in [-0.39, 0.29) is 11.7 Å². The minimum Gasteiger partial charge on any atom is -0.299 e. The first-order valence-electron chi connectivity index (χ1n) is 5.95. The third kappa shape index (κ3) is 4.01. The van der Waals surface area contributed by atoms with Crippen molar-refractivity contribution in [2.45, 2.75) is 33.1 Å². The van der Waals surface area contributed by atoms with E-state index in [1.807, 2.05) is 43.3 Å². The van der Waals surface area contributed by atoms with Gasteiger partial charge in [0, 0.05) is 17.4 Å². The molecule has 0 aliphatic heterocycles. The lowest BCUT2D eigenvalue weighted by Gasteiger charge is -2.19. The van der Waals surface area contributed by atoms with Crippen LogP contribution in [-0.2, 0) is 4.79 Å². The number of hydrogen-bond acceptors (Lipinski definition) is 1. The van der Waals surface area contributed by atoms with Gasteiger partial charge in [-0.25, -0.2) is 0 Å². The smallest absolute Gasteiger partial charge is 0.144 e. The van der Waals surface area contributed by atoms with E-state index in [1.165, 1.54) is 0 Å². The summed E-state index contributed by atoms with van der Waals surface area (Å²) in [6.07, 6.45) is 4.33. The highest BCUT2D eigenvalue weighted by molar-refractivity contribution is 6.30. The molecule has 0 fully saturated rings. The first-order chi connectivity index (χ1) is 8.06. The molecule has 0 aliphatic carbocycles. The molecule has 0 heterocycles. The average molecular weight is 251 g/mol. The monoisotopic (exact) mass is 250 g/mol. The summed E-state index contributed by atoms with van der Waals surface area (Å²) in [5, 5.41) is 0.706. The predicted molar refractivity (Wildman–Crippen MR) is 73.5 cm³/mol. The molecule has 17 heavy (non-hydrogen) atoms. The molecule has 0 N–H and O–H groups in total. The Bertz CT molecular complexity index is 390. The van der Waals surface area contributed by atoms with Gasteiger partial charge in [0.15, 0.2) is 0 Å². The number of allylic oxidation sites excluding steroid dienone is 2. The summed E-state index contributed by atoms with van der Waals surface area (Å²) in [6, 6.07) is 7.57. The third-order valence-corrected chi connectivity index (χ3v) is 3.05. The Labute approximate surface area is 108 Å². The second kappa shape index (κ2) is 6.61. The molecule has 1 aromatic carbocycles. The number of halogens is 1. The molecular weight excluding hydrogens is 232 g/mol. The summed E-state index contributed by atoms with van der Waals surface area (Å²) < 4.78 is 0. The summed E-state index contributed by atoms with van der Waals surface area (Å²) in [4.78, 5) is 12.1. The van der Waals surface area contributed by atoms with E-state index in [9.17, 15) is 4.79 Å². The van der Waals surface area contributed by atoms with Gasteiger partial charge in [-0.05, 0) is 30.5 Å². The maximum absolute atomic E-state index is 12.1. The Balaban J connectivity index is 2.93. The third-order valence-electron chi connectivity index (χ3n) is 2.80. The topological polar surface area (TPSA) is 17.1 Å². The SMILES string of the molecule is C/C=C/CC(=O)C(c1ccc(Cl)cc1)C(C)C. The fourth-order valence-electron chi connectivity index (χ4n) is 1.97. The normalized spacial score (nSPS) is 13.2. The van der Waals surface area contributed by atoms with Crippen LogP contribution in [0.4, 0.5) is 0 Å². The molecule has 0 aromatic heterocycles. The van der Waals surface area contributed by atoms with Crippen LogP contribution in [0.25, 0.3) is 0 Å². The van der Waals surface area contributed by atoms with Crippen molar-refractivity contribution in [1.82, 2.24) is 0 Å². The molecule has 0 radical (unpaired) electrons. The number of hydrogen-bond donors (Lipinski definition) is 0. The molecule has 1 unspecified atom stereocenters. The standard InChI is InChI=1S/C15H19ClO/c1-4-5-6-14(17)15(11(2)3)12-7-9-13(16)10-8-12/h4-5,7-11,15H,6H2,1-3H3/b5-4+. The minimum atomic E-state index is -0.0385. The van der Waals surface area contributed by atoms with Crippen LogP contribution in [0.2, 0.25) is 5.02 Å². The van der Waals surface area contributed by atoms with Crippen molar-refractivity contribution in [1.29, 1.82) is 0 Å². The van der Waals surface area contributed by atoms with Crippen LogP contribution < -0.4 is 0 Å². The number of carbonyl (C=O) groups excluding carboxylic acids is 1. The fraction of sp³-hybridized carbons (Fsp3) is 0.400. The predicted octanol–water partition coefficient (Wildman–Crippen LogP) is 4.61. The van der Waals surface area contributed by atoms with Gasteiger partial charge in [0.05, 0.1) is 0 Å². The zero-order chi connectivity index (χ0) is 12.8. The van der Waals surface area contributed by atoms with Gasteiger partial charge < -0.3 is 0 Å². The van der Waals surface area contributed by atoms with Crippen LogP contribution in [0, 0.1) is 5.92 Å². The van der Waals surface area contributed by atoms with Crippen molar-refractivity contribution < 1.29 is 4.79 Å². The highest BCUT2D eigenvalue weighted by Gasteiger charge is 2.22. The van der Waals surface area contributed by atoms with Gasteiger partial charge in [-0.3, -0.25) is 4.79 Å². The van der Waals surface area contributed by atoms with Crippen molar-refractivity contribution in [2.75, 3.05) is 0 Å². The number of benzene rings is 1. The second-order valence-corrected chi connectivity index (χ2v) is 4.95. The lowest BCUT2D eigenvalue weighted by atomic mass is 9.84. The van der Waals surface area contributed by atoms with Crippen LogP contribution in [-0.4, -0.2) is 5.78 Å². The molecule has 92 valence electrons. The molecule has 0 saturated heterocycles. The molecule has 1 nitrogen and oxygen atoms in total. The summed E-state index contributed by atoms with van der Waals surface area (Å²) >= 11 is 5.86. The maximum atomic E-state index is 12.1. The van der Waals surface area contributed by atoms with E-state index < -0.39 is 0 Å². The number of Topliss-reactive ketones (excluding diaryl/α,β-unsaturated/α-hetero) is 1. The van der Waals surface area contributed by atoms with Crippen molar-refractivity contribution >= 4 is 17.4 Å². The van der Waals surface area contributed by atoms with Gasteiger partial charge in [-0.2, -0.15) is 0 Å². The van der Waals surface area contributed by atoms with Crippen LogP contribution >= 0.6 is 11.6 Å². The van der Waals surface area contributed by atoms with Gasteiger partial charge in [0.2, 0.25) is 0 Å². The van der Waals surface area contributed by atoms with Gasteiger partial charge in [-0.15, -0.1) is 0 Å². The van der Waals surface area contributed by atoms with Gasteiger partial charge >= 0.3 is 0 Å². The van der Waals surface area contributed by atoms with Gasteiger partial charge in [-0.1, -0.05) is 49.7 Å². The van der Waals surface area contributed by atoms with Crippen molar-refractivity contribution in [2.24, 2.45) is 5.92 Å². The number of ketones is 1. The molecule has 0 bridgehead atoms. The molecule has 1 aromatic rings. The summed E-state index contributed by atoms with van der Waals surface area (Å²) in [5.41, 5.74) is 1.05. The molecule has 0 aliphatic rings. The van der Waals surface area contributed by atoms with Crippen molar-refractivity contribution in [3.63, 3.8) is 0 Å². The van der Waals surface area contributed by atoms with Crippen molar-refractivity contribution in [3.8, 4) is 0 Å². The Hall–Kier alpha value is -1.08. The van der Waals surface area contributed by atoms with Crippen molar-refractivity contribution in [3.05, 3.63) is 47.0 Å². The molecule has 0 spiro atoms. The van der Waals surface area contributed by atoms with Crippen LogP contribution in [0.3, 0.4) is 0 Å². The summed E-state index contributed by atoms with van der Waals surface area (Å²) in [6.45, 7) is 6.08.